The van der Waals surface area contributed by atoms with Crippen molar-refractivity contribution in [2.24, 2.45) is 5.92 Å². The van der Waals surface area contributed by atoms with Gasteiger partial charge in [0.2, 0.25) is 11.8 Å². The van der Waals surface area contributed by atoms with E-state index in [4.69, 9.17) is 0 Å². The van der Waals surface area contributed by atoms with Crippen LogP contribution in [0.4, 0.5) is 0 Å². The Morgan fingerprint density at radius 2 is 2.06 bits per heavy atom. The third-order valence-corrected chi connectivity index (χ3v) is 2.45. The van der Waals surface area contributed by atoms with Crippen LogP contribution < -0.4 is 5.32 Å². The van der Waals surface area contributed by atoms with E-state index in [9.17, 15) is 9.59 Å². The largest absolute Gasteiger partial charge is 0.356 e. The van der Waals surface area contributed by atoms with Crippen molar-refractivity contribution in [1.29, 1.82) is 0 Å². The van der Waals surface area contributed by atoms with Gasteiger partial charge in [-0.3, -0.25) is 9.59 Å². The highest BCUT2D eigenvalue weighted by molar-refractivity contribution is 5.78. The van der Waals surface area contributed by atoms with Gasteiger partial charge in [-0.1, -0.05) is 19.9 Å². The van der Waals surface area contributed by atoms with E-state index in [2.05, 4.69) is 25.7 Å². The van der Waals surface area contributed by atoms with Gasteiger partial charge in [0.25, 0.3) is 0 Å². The van der Waals surface area contributed by atoms with E-state index < -0.39 is 0 Å². The predicted octanol–water partition coefficient (Wildman–Crippen LogP) is 1.57. The monoisotopic (exact) mass is 240 g/mol. The number of carbonyl (C=O) groups is 2. The van der Waals surface area contributed by atoms with Crippen LogP contribution in [0.3, 0.4) is 0 Å². The highest BCUT2D eigenvalue weighted by Crippen LogP contribution is 1.97. The Balaban J connectivity index is 3.80. The number of amides is 2. The van der Waals surface area contributed by atoms with Crippen LogP contribution in [0, 0.1) is 5.92 Å². The fourth-order valence-corrected chi connectivity index (χ4v) is 1.36. The molecule has 0 aromatic rings. The molecule has 4 heteroatoms. The van der Waals surface area contributed by atoms with Crippen LogP contribution >= 0.6 is 0 Å². The number of hydrogen-bond acceptors (Lipinski definition) is 2. The molecule has 98 valence electrons. The maximum Gasteiger partial charge on any atom is 0.221 e. The maximum atomic E-state index is 11.5. The van der Waals surface area contributed by atoms with E-state index in [1.807, 2.05) is 0 Å². The Kier molecular flexibility index (Phi) is 8.11. The molecule has 0 unspecified atom stereocenters. The van der Waals surface area contributed by atoms with E-state index in [0.717, 1.165) is 6.42 Å². The number of nitrogens with one attached hydrogen (secondary N) is 1. The van der Waals surface area contributed by atoms with Crippen molar-refractivity contribution in [1.82, 2.24) is 10.2 Å². The fraction of sp³-hybridized carbons (Fsp3) is 0.692. The second-order valence-corrected chi connectivity index (χ2v) is 4.54. The molecule has 0 rings (SSSR count). The van der Waals surface area contributed by atoms with Crippen molar-refractivity contribution < 1.29 is 9.59 Å². The first-order valence-corrected chi connectivity index (χ1v) is 6.10. The van der Waals surface area contributed by atoms with Gasteiger partial charge in [0.1, 0.15) is 0 Å². The number of hydrogen-bond donors (Lipinski definition) is 1. The van der Waals surface area contributed by atoms with Crippen LogP contribution in [0.1, 0.15) is 33.6 Å². The summed E-state index contributed by atoms with van der Waals surface area (Å²) in [6, 6.07) is 0. The van der Waals surface area contributed by atoms with Gasteiger partial charge >= 0.3 is 0 Å². The molecule has 0 bridgehead atoms. The third kappa shape index (κ3) is 8.48. The van der Waals surface area contributed by atoms with Crippen LogP contribution in [0.5, 0.6) is 0 Å². The summed E-state index contributed by atoms with van der Waals surface area (Å²) in [5.74, 6) is 0.561. The van der Waals surface area contributed by atoms with E-state index in [1.54, 1.807) is 11.0 Å². The Hall–Kier alpha value is -1.32. The van der Waals surface area contributed by atoms with E-state index in [-0.39, 0.29) is 11.8 Å². The predicted molar refractivity (Wildman–Crippen MR) is 69.5 cm³/mol. The lowest BCUT2D eigenvalue weighted by molar-refractivity contribution is -0.129. The van der Waals surface area contributed by atoms with Gasteiger partial charge < -0.3 is 10.2 Å². The first-order valence-electron chi connectivity index (χ1n) is 6.10. The Bertz CT molecular complexity index is 262. The van der Waals surface area contributed by atoms with Gasteiger partial charge in [0.05, 0.1) is 0 Å². The molecule has 0 aliphatic carbocycles. The van der Waals surface area contributed by atoms with E-state index in [0.29, 0.717) is 32.0 Å². The average molecular weight is 240 g/mol. The minimum atomic E-state index is -0.0279. The molecule has 0 atom stereocenters. The summed E-state index contributed by atoms with van der Waals surface area (Å²) in [5, 5.41) is 2.85. The van der Waals surface area contributed by atoms with Gasteiger partial charge in [-0.05, 0) is 12.3 Å². The first kappa shape index (κ1) is 15.7. The van der Waals surface area contributed by atoms with Crippen molar-refractivity contribution in [2.75, 3.05) is 19.6 Å². The molecular weight excluding hydrogens is 216 g/mol. The highest BCUT2D eigenvalue weighted by Gasteiger charge is 2.09. The summed E-state index contributed by atoms with van der Waals surface area (Å²) >= 11 is 0. The SMILES string of the molecule is C=CCN(CCC(=O)NCCC(C)C)C(C)=O. The Labute approximate surface area is 104 Å². The minimum absolute atomic E-state index is 0.000891. The van der Waals surface area contributed by atoms with Crippen molar-refractivity contribution in [2.45, 2.75) is 33.6 Å². The summed E-state index contributed by atoms with van der Waals surface area (Å²) in [5.41, 5.74) is 0. The molecule has 0 saturated carbocycles. The van der Waals surface area contributed by atoms with Crippen molar-refractivity contribution in [3.05, 3.63) is 12.7 Å². The van der Waals surface area contributed by atoms with Crippen LogP contribution in [0.25, 0.3) is 0 Å². The standard InChI is InChI=1S/C13H24N2O2/c1-5-9-15(12(4)16)10-7-13(17)14-8-6-11(2)3/h5,11H,1,6-10H2,2-4H3,(H,14,17). The van der Waals surface area contributed by atoms with Gasteiger partial charge in [-0.25, -0.2) is 0 Å². The summed E-state index contributed by atoms with van der Waals surface area (Å²) in [6.07, 6.45) is 3.00. The molecular formula is C13H24N2O2. The topological polar surface area (TPSA) is 49.4 Å². The molecule has 0 radical (unpaired) electrons. The molecule has 0 aliphatic heterocycles. The number of nitrogens with zero attached hydrogens (tertiary/aromatic N) is 1. The number of rotatable bonds is 8. The van der Waals surface area contributed by atoms with E-state index >= 15 is 0 Å². The van der Waals surface area contributed by atoms with Gasteiger partial charge in [0.15, 0.2) is 0 Å². The second kappa shape index (κ2) is 8.79. The molecule has 2 amide bonds. The third-order valence-electron chi connectivity index (χ3n) is 2.45. The molecule has 0 aromatic heterocycles. The van der Waals surface area contributed by atoms with Crippen LogP contribution in [-0.4, -0.2) is 36.3 Å². The normalized spacial score (nSPS) is 10.1. The zero-order valence-corrected chi connectivity index (χ0v) is 11.2. The Morgan fingerprint density at radius 1 is 1.41 bits per heavy atom. The lowest BCUT2D eigenvalue weighted by atomic mass is 10.1. The number of carbonyl (C=O) groups excluding carboxylic acids is 2. The second-order valence-electron chi connectivity index (χ2n) is 4.54. The van der Waals surface area contributed by atoms with Crippen LogP contribution in [0.15, 0.2) is 12.7 Å². The molecule has 0 heterocycles. The van der Waals surface area contributed by atoms with Crippen LogP contribution in [0.2, 0.25) is 0 Å². The van der Waals surface area contributed by atoms with Gasteiger partial charge in [-0.2, -0.15) is 0 Å². The zero-order valence-electron chi connectivity index (χ0n) is 11.2. The zero-order chi connectivity index (χ0) is 13.3. The molecule has 4 nitrogen and oxygen atoms in total. The maximum absolute atomic E-state index is 11.5. The van der Waals surface area contributed by atoms with Gasteiger partial charge in [-0.15, -0.1) is 6.58 Å². The van der Waals surface area contributed by atoms with Crippen molar-refractivity contribution in [3.8, 4) is 0 Å². The summed E-state index contributed by atoms with van der Waals surface area (Å²) in [7, 11) is 0. The summed E-state index contributed by atoms with van der Waals surface area (Å²) in [6.45, 7) is 11.0. The molecule has 0 aliphatic rings. The highest BCUT2D eigenvalue weighted by atomic mass is 16.2. The Morgan fingerprint density at radius 3 is 2.53 bits per heavy atom. The summed E-state index contributed by atoms with van der Waals surface area (Å²) in [4.78, 5) is 24.3. The quantitative estimate of drug-likeness (QED) is 0.655. The van der Waals surface area contributed by atoms with Gasteiger partial charge in [0, 0.05) is 33.0 Å². The molecule has 0 saturated heterocycles. The molecule has 0 spiro atoms. The first-order chi connectivity index (χ1) is 7.97. The summed E-state index contributed by atoms with van der Waals surface area (Å²) < 4.78 is 0. The molecule has 0 fully saturated rings. The lowest BCUT2D eigenvalue weighted by Crippen LogP contribution is -2.34. The molecule has 17 heavy (non-hydrogen) atoms. The van der Waals surface area contributed by atoms with Crippen molar-refractivity contribution >= 4 is 11.8 Å². The van der Waals surface area contributed by atoms with Crippen molar-refractivity contribution in [3.63, 3.8) is 0 Å². The molecule has 0 aromatic carbocycles. The average Bonchev–Trinajstić information content (AvgIpc) is 2.23. The lowest BCUT2D eigenvalue weighted by Gasteiger charge is -2.18. The van der Waals surface area contributed by atoms with E-state index in [1.165, 1.54) is 6.92 Å². The molecule has 1 N–H and O–H groups in total. The fourth-order valence-electron chi connectivity index (χ4n) is 1.36. The smallest absolute Gasteiger partial charge is 0.221 e. The minimum Gasteiger partial charge on any atom is -0.356 e. The van der Waals surface area contributed by atoms with Crippen LogP contribution in [-0.2, 0) is 9.59 Å².